The van der Waals surface area contributed by atoms with Gasteiger partial charge in [-0.2, -0.15) is 0 Å². The van der Waals surface area contributed by atoms with Gasteiger partial charge in [0.15, 0.2) is 0 Å². The van der Waals surface area contributed by atoms with Crippen molar-refractivity contribution in [2.75, 3.05) is 0 Å². The molecule has 2 aromatic carbocycles. The fourth-order valence-corrected chi connectivity index (χ4v) is 3.42. The SMILES string of the molecule is [B]Cc1ccc2c(c1)-c1ccccc1S2=O. The zero-order chi connectivity index (χ0) is 11.1. The summed E-state index contributed by atoms with van der Waals surface area (Å²) >= 11 is 0. The van der Waals surface area contributed by atoms with Crippen molar-refractivity contribution in [3.05, 3.63) is 48.0 Å². The maximum atomic E-state index is 12.2. The molecule has 16 heavy (non-hydrogen) atoms. The molecule has 2 aromatic rings. The second kappa shape index (κ2) is 3.60. The first-order valence-corrected chi connectivity index (χ1v) is 6.30. The first kappa shape index (κ1) is 9.85. The summed E-state index contributed by atoms with van der Waals surface area (Å²) in [5.41, 5.74) is 3.22. The Kier molecular flexibility index (Phi) is 2.21. The molecule has 0 saturated carbocycles. The third kappa shape index (κ3) is 1.28. The van der Waals surface area contributed by atoms with E-state index in [0.29, 0.717) is 6.32 Å². The van der Waals surface area contributed by atoms with Crippen LogP contribution in [-0.4, -0.2) is 12.1 Å². The van der Waals surface area contributed by atoms with Crippen molar-refractivity contribution in [1.29, 1.82) is 0 Å². The average Bonchev–Trinajstić information content (AvgIpc) is 2.64. The second-order valence-electron chi connectivity index (χ2n) is 3.80. The molecule has 0 bridgehead atoms. The minimum atomic E-state index is -1.02. The lowest BCUT2D eigenvalue weighted by Crippen LogP contribution is -1.88. The van der Waals surface area contributed by atoms with Gasteiger partial charge in [-0.1, -0.05) is 42.2 Å². The molecule has 1 aliphatic rings. The highest BCUT2D eigenvalue weighted by Gasteiger charge is 2.24. The summed E-state index contributed by atoms with van der Waals surface area (Å²) in [6.45, 7) is 0. The van der Waals surface area contributed by atoms with Gasteiger partial charge >= 0.3 is 0 Å². The molecule has 1 unspecified atom stereocenters. The number of hydrogen-bond acceptors (Lipinski definition) is 1. The predicted molar refractivity (Wildman–Crippen MR) is 66.0 cm³/mol. The summed E-state index contributed by atoms with van der Waals surface area (Å²) < 4.78 is 12.2. The van der Waals surface area contributed by atoms with Gasteiger partial charge in [-0.05, 0) is 23.3 Å². The highest BCUT2D eigenvalue weighted by molar-refractivity contribution is 7.85. The van der Waals surface area contributed by atoms with Gasteiger partial charge in [-0.3, -0.25) is 0 Å². The summed E-state index contributed by atoms with van der Waals surface area (Å²) in [6.07, 6.45) is 0.516. The van der Waals surface area contributed by atoms with E-state index in [1.807, 2.05) is 42.5 Å². The van der Waals surface area contributed by atoms with E-state index in [0.717, 1.165) is 26.5 Å². The molecular formula is C13H9BOS. The van der Waals surface area contributed by atoms with E-state index < -0.39 is 10.8 Å². The smallest absolute Gasteiger partial charge is 0.0862 e. The van der Waals surface area contributed by atoms with Crippen molar-refractivity contribution in [3.63, 3.8) is 0 Å². The van der Waals surface area contributed by atoms with Gasteiger partial charge in [-0.25, -0.2) is 4.21 Å². The number of hydrogen-bond donors (Lipinski definition) is 0. The van der Waals surface area contributed by atoms with Crippen LogP contribution in [0.15, 0.2) is 52.3 Å². The van der Waals surface area contributed by atoms with Crippen LogP contribution in [0.5, 0.6) is 0 Å². The normalized spacial score (nSPS) is 16.9. The number of benzene rings is 2. The van der Waals surface area contributed by atoms with Crippen molar-refractivity contribution in [1.82, 2.24) is 0 Å². The maximum absolute atomic E-state index is 12.2. The number of rotatable bonds is 1. The Bertz CT molecular complexity index is 592. The van der Waals surface area contributed by atoms with Crippen molar-refractivity contribution in [2.24, 2.45) is 0 Å². The quantitative estimate of drug-likeness (QED) is 0.580. The van der Waals surface area contributed by atoms with Crippen LogP contribution in [0.3, 0.4) is 0 Å². The lowest BCUT2D eigenvalue weighted by atomic mass is 9.94. The standard InChI is InChI=1S/C13H9BOS/c14-8-9-5-6-13-11(7-9)10-3-1-2-4-12(10)16(13)15/h1-7H,8H2. The molecule has 1 nitrogen and oxygen atoms in total. The molecule has 0 saturated heterocycles. The van der Waals surface area contributed by atoms with Gasteiger partial charge in [0.05, 0.1) is 28.4 Å². The van der Waals surface area contributed by atoms with Crippen LogP contribution in [0.25, 0.3) is 11.1 Å². The largest absolute Gasteiger partial charge is 0.249 e. The van der Waals surface area contributed by atoms with Gasteiger partial charge < -0.3 is 0 Å². The van der Waals surface area contributed by atoms with Gasteiger partial charge in [-0.15, -0.1) is 0 Å². The molecule has 0 amide bonds. The third-order valence-electron chi connectivity index (χ3n) is 2.86. The molecule has 1 heterocycles. The summed E-state index contributed by atoms with van der Waals surface area (Å²) in [5, 5.41) is 0. The molecule has 3 heteroatoms. The highest BCUT2D eigenvalue weighted by Crippen LogP contribution is 2.40. The molecule has 3 rings (SSSR count). The molecule has 0 spiro atoms. The molecule has 0 aromatic heterocycles. The highest BCUT2D eigenvalue weighted by atomic mass is 32.2. The van der Waals surface area contributed by atoms with E-state index in [2.05, 4.69) is 0 Å². The third-order valence-corrected chi connectivity index (χ3v) is 4.37. The van der Waals surface area contributed by atoms with E-state index >= 15 is 0 Å². The second-order valence-corrected chi connectivity index (χ2v) is 5.22. The molecular weight excluding hydrogens is 215 g/mol. The van der Waals surface area contributed by atoms with Crippen molar-refractivity contribution < 1.29 is 4.21 Å². The summed E-state index contributed by atoms with van der Waals surface area (Å²) in [4.78, 5) is 1.81. The lowest BCUT2D eigenvalue weighted by molar-refractivity contribution is 0.685. The van der Waals surface area contributed by atoms with Crippen LogP contribution in [0, 0.1) is 0 Å². The van der Waals surface area contributed by atoms with Gasteiger partial charge in [0.1, 0.15) is 0 Å². The molecule has 1 atom stereocenters. The molecule has 1 aliphatic heterocycles. The Balaban J connectivity index is 2.31. The molecule has 0 N–H and O–H groups in total. The van der Waals surface area contributed by atoms with Crippen LogP contribution >= 0.6 is 0 Å². The first-order chi connectivity index (χ1) is 7.81. The summed E-state index contributed by atoms with van der Waals surface area (Å²) in [7, 11) is 4.60. The van der Waals surface area contributed by atoms with Crippen LogP contribution in [-0.2, 0) is 17.1 Å². The van der Waals surface area contributed by atoms with Crippen LogP contribution in [0.2, 0.25) is 0 Å². The van der Waals surface area contributed by atoms with E-state index in [1.165, 1.54) is 0 Å². The topological polar surface area (TPSA) is 17.1 Å². The van der Waals surface area contributed by atoms with E-state index in [1.54, 1.807) is 0 Å². The molecule has 2 radical (unpaired) electrons. The minimum absolute atomic E-state index is 0.516. The van der Waals surface area contributed by atoms with E-state index in [-0.39, 0.29) is 0 Å². The van der Waals surface area contributed by atoms with Crippen LogP contribution < -0.4 is 0 Å². The van der Waals surface area contributed by atoms with Gasteiger partial charge in [0.25, 0.3) is 0 Å². The average molecular weight is 224 g/mol. The van der Waals surface area contributed by atoms with Crippen molar-refractivity contribution >= 4 is 18.6 Å². The Labute approximate surface area is 98.4 Å². The Hall–Kier alpha value is -1.35. The maximum Gasteiger partial charge on any atom is 0.0862 e. The fraction of sp³-hybridized carbons (Fsp3) is 0.0769. The Morgan fingerprint density at radius 3 is 2.56 bits per heavy atom. The van der Waals surface area contributed by atoms with Gasteiger partial charge in [0, 0.05) is 0 Å². The Morgan fingerprint density at radius 2 is 1.75 bits per heavy atom. The fourth-order valence-electron chi connectivity index (χ4n) is 2.05. The Morgan fingerprint density at radius 1 is 1.00 bits per heavy atom. The zero-order valence-electron chi connectivity index (χ0n) is 8.64. The molecule has 0 aliphatic carbocycles. The van der Waals surface area contributed by atoms with Crippen LogP contribution in [0.1, 0.15) is 5.56 Å². The van der Waals surface area contributed by atoms with Gasteiger partial charge in [0.2, 0.25) is 0 Å². The van der Waals surface area contributed by atoms with Crippen molar-refractivity contribution in [2.45, 2.75) is 16.1 Å². The summed E-state index contributed by atoms with van der Waals surface area (Å²) in [6, 6.07) is 13.7. The first-order valence-electron chi connectivity index (χ1n) is 5.15. The summed E-state index contributed by atoms with van der Waals surface area (Å²) in [5.74, 6) is 0. The number of fused-ring (bicyclic) bond motifs is 3. The van der Waals surface area contributed by atoms with Crippen molar-refractivity contribution in [3.8, 4) is 11.1 Å². The zero-order valence-corrected chi connectivity index (χ0v) is 9.46. The monoisotopic (exact) mass is 224 g/mol. The van der Waals surface area contributed by atoms with Crippen LogP contribution in [0.4, 0.5) is 0 Å². The molecule has 76 valence electrons. The minimum Gasteiger partial charge on any atom is -0.249 e. The van der Waals surface area contributed by atoms with E-state index in [4.69, 9.17) is 7.85 Å². The molecule has 0 fully saturated rings. The van der Waals surface area contributed by atoms with E-state index in [9.17, 15) is 4.21 Å². The lowest BCUT2D eigenvalue weighted by Gasteiger charge is -2.01. The predicted octanol–water partition coefficient (Wildman–Crippen LogP) is 2.50.